The fourth-order valence-corrected chi connectivity index (χ4v) is 2.58. The van der Waals surface area contributed by atoms with Crippen molar-refractivity contribution >= 4 is 5.95 Å². The Bertz CT molecular complexity index is 564. The van der Waals surface area contributed by atoms with Crippen LogP contribution in [-0.4, -0.2) is 21.7 Å². The highest BCUT2D eigenvalue weighted by Crippen LogP contribution is 2.29. The number of benzene rings is 1. The SMILES string of the molecule is c1ccc2c(c1)CC(Cn1ccnc1NC1CC1)O2. The van der Waals surface area contributed by atoms with E-state index in [-0.39, 0.29) is 6.10 Å². The number of hydrogen-bond acceptors (Lipinski definition) is 3. The van der Waals surface area contributed by atoms with E-state index in [1.54, 1.807) is 0 Å². The molecule has 1 aromatic carbocycles. The number of rotatable bonds is 4. The molecule has 1 atom stereocenters. The molecule has 0 radical (unpaired) electrons. The van der Waals surface area contributed by atoms with Crippen LogP contribution in [0, 0.1) is 0 Å². The lowest BCUT2D eigenvalue weighted by molar-refractivity contribution is 0.210. The van der Waals surface area contributed by atoms with Crippen molar-refractivity contribution in [1.82, 2.24) is 9.55 Å². The van der Waals surface area contributed by atoms with Crippen LogP contribution in [0.1, 0.15) is 18.4 Å². The van der Waals surface area contributed by atoms with Crippen molar-refractivity contribution in [3.8, 4) is 5.75 Å². The van der Waals surface area contributed by atoms with Crippen molar-refractivity contribution < 1.29 is 4.74 Å². The monoisotopic (exact) mass is 255 g/mol. The van der Waals surface area contributed by atoms with Crippen LogP contribution in [0.15, 0.2) is 36.7 Å². The molecule has 2 heterocycles. The number of ether oxygens (including phenoxy) is 1. The third-order valence-corrected chi connectivity index (χ3v) is 3.74. The topological polar surface area (TPSA) is 39.1 Å². The maximum absolute atomic E-state index is 5.98. The molecule has 2 aromatic rings. The van der Waals surface area contributed by atoms with E-state index >= 15 is 0 Å². The van der Waals surface area contributed by atoms with E-state index in [2.05, 4.69) is 27.0 Å². The maximum atomic E-state index is 5.98. The summed E-state index contributed by atoms with van der Waals surface area (Å²) < 4.78 is 8.14. The molecule has 0 amide bonds. The number of fused-ring (bicyclic) bond motifs is 1. The van der Waals surface area contributed by atoms with E-state index in [0.29, 0.717) is 6.04 Å². The number of nitrogens with one attached hydrogen (secondary N) is 1. The van der Waals surface area contributed by atoms with Crippen LogP contribution in [0.3, 0.4) is 0 Å². The van der Waals surface area contributed by atoms with Crippen molar-refractivity contribution in [3.63, 3.8) is 0 Å². The molecule has 4 nitrogen and oxygen atoms in total. The molecule has 19 heavy (non-hydrogen) atoms. The fraction of sp³-hybridized carbons (Fsp3) is 0.400. The lowest BCUT2D eigenvalue weighted by Gasteiger charge is -2.14. The van der Waals surface area contributed by atoms with Gasteiger partial charge in [0.25, 0.3) is 0 Å². The van der Waals surface area contributed by atoms with E-state index in [0.717, 1.165) is 24.7 Å². The van der Waals surface area contributed by atoms with Gasteiger partial charge in [0.05, 0.1) is 6.54 Å². The van der Waals surface area contributed by atoms with Crippen LogP contribution < -0.4 is 10.1 Å². The average Bonchev–Trinajstić information content (AvgIpc) is 2.97. The fourth-order valence-electron chi connectivity index (χ4n) is 2.58. The van der Waals surface area contributed by atoms with Gasteiger partial charge in [-0.3, -0.25) is 0 Å². The second kappa shape index (κ2) is 4.30. The van der Waals surface area contributed by atoms with Gasteiger partial charge in [-0.25, -0.2) is 4.98 Å². The standard InChI is InChI=1S/C15H17N3O/c1-2-4-14-11(3-1)9-13(19-14)10-18-8-7-16-15(18)17-12-5-6-12/h1-4,7-8,12-13H,5-6,9-10H2,(H,16,17). The molecule has 1 unspecified atom stereocenters. The molecule has 1 aliphatic heterocycles. The highest BCUT2D eigenvalue weighted by molar-refractivity contribution is 5.37. The predicted molar refractivity (Wildman–Crippen MR) is 73.4 cm³/mol. The Labute approximate surface area is 112 Å². The molecule has 1 N–H and O–H groups in total. The summed E-state index contributed by atoms with van der Waals surface area (Å²) in [5.74, 6) is 2.01. The third-order valence-electron chi connectivity index (χ3n) is 3.74. The molecule has 1 aromatic heterocycles. The Kier molecular flexibility index (Phi) is 2.47. The lowest BCUT2D eigenvalue weighted by atomic mass is 10.1. The Hall–Kier alpha value is -1.97. The van der Waals surface area contributed by atoms with Gasteiger partial charge in [-0.1, -0.05) is 18.2 Å². The summed E-state index contributed by atoms with van der Waals surface area (Å²) in [7, 11) is 0. The quantitative estimate of drug-likeness (QED) is 0.912. The molecule has 1 aliphatic carbocycles. The van der Waals surface area contributed by atoms with Gasteiger partial charge in [-0.15, -0.1) is 0 Å². The molecular weight excluding hydrogens is 238 g/mol. The first-order valence-electron chi connectivity index (χ1n) is 6.91. The Morgan fingerprint density at radius 3 is 3.05 bits per heavy atom. The minimum Gasteiger partial charge on any atom is -0.488 e. The van der Waals surface area contributed by atoms with Crippen LogP contribution in [0.2, 0.25) is 0 Å². The molecule has 0 saturated heterocycles. The highest BCUT2D eigenvalue weighted by Gasteiger charge is 2.25. The van der Waals surface area contributed by atoms with Crippen molar-refractivity contribution in [2.75, 3.05) is 5.32 Å². The van der Waals surface area contributed by atoms with Crippen LogP contribution in [0.4, 0.5) is 5.95 Å². The van der Waals surface area contributed by atoms with Crippen LogP contribution in [-0.2, 0) is 13.0 Å². The summed E-state index contributed by atoms with van der Waals surface area (Å²) in [6, 6.07) is 8.92. The van der Waals surface area contributed by atoms with Gasteiger partial charge in [0.2, 0.25) is 5.95 Å². The van der Waals surface area contributed by atoms with Gasteiger partial charge in [-0.05, 0) is 24.5 Å². The van der Waals surface area contributed by atoms with Gasteiger partial charge in [0.15, 0.2) is 0 Å². The van der Waals surface area contributed by atoms with E-state index < -0.39 is 0 Å². The van der Waals surface area contributed by atoms with Crippen molar-refractivity contribution in [1.29, 1.82) is 0 Å². The van der Waals surface area contributed by atoms with Gasteiger partial charge in [0.1, 0.15) is 11.9 Å². The molecule has 0 bridgehead atoms. The molecule has 4 heteroatoms. The Morgan fingerprint density at radius 1 is 1.32 bits per heavy atom. The van der Waals surface area contributed by atoms with E-state index in [1.807, 2.05) is 24.5 Å². The maximum Gasteiger partial charge on any atom is 0.203 e. The summed E-state index contributed by atoms with van der Waals surface area (Å²) in [5, 5.41) is 3.46. The lowest BCUT2D eigenvalue weighted by Crippen LogP contribution is -2.22. The zero-order valence-corrected chi connectivity index (χ0v) is 10.7. The number of hydrogen-bond donors (Lipinski definition) is 1. The molecular formula is C15H17N3O. The van der Waals surface area contributed by atoms with E-state index in [4.69, 9.17) is 4.74 Å². The zero-order chi connectivity index (χ0) is 12.7. The van der Waals surface area contributed by atoms with Gasteiger partial charge >= 0.3 is 0 Å². The molecule has 2 aliphatic rings. The summed E-state index contributed by atoms with van der Waals surface area (Å²) in [6.07, 6.45) is 7.60. The van der Waals surface area contributed by atoms with Crippen molar-refractivity contribution in [2.45, 2.75) is 38.0 Å². The van der Waals surface area contributed by atoms with E-state index in [9.17, 15) is 0 Å². The normalized spacial score (nSPS) is 20.9. The smallest absolute Gasteiger partial charge is 0.203 e. The first-order chi connectivity index (χ1) is 9.38. The minimum absolute atomic E-state index is 0.214. The van der Waals surface area contributed by atoms with Gasteiger partial charge in [0, 0.05) is 24.9 Å². The second-order valence-corrected chi connectivity index (χ2v) is 5.37. The van der Waals surface area contributed by atoms with Crippen molar-refractivity contribution in [3.05, 3.63) is 42.2 Å². The molecule has 1 saturated carbocycles. The Morgan fingerprint density at radius 2 is 2.21 bits per heavy atom. The summed E-state index contributed by atoms with van der Waals surface area (Å²) in [5.41, 5.74) is 1.31. The summed E-state index contributed by atoms with van der Waals surface area (Å²) in [6.45, 7) is 0.851. The van der Waals surface area contributed by atoms with Crippen LogP contribution >= 0.6 is 0 Å². The van der Waals surface area contributed by atoms with Crippen LogP contribution in [0.5, 0.6) is 5.75 Å². The third kappa shape index (κ3) is 2.18. The second-order valence-electron chi connectivity index (χ2n) is 5.37. The summed E-state index contributed by atoms with van der Waals surface area (Å²) >= 11 is 0. The molecule has 0 spiro atoms. The van der Waals surface area contributed by atoms with Crippen molar-refractivity contribution in [2.24, 2.45) is 0 Å². The zero-order valence-electron chi connectivity index (χ0n) is 10.7. The van der Waals surface area contributed by atoms with Gasteiger partial charge in [-0.2, -0.15) is 0 Å². The number of imidazole rings is 1. The first kappa shape index (κ1) is 10.9. The van der Waals surface area contributed by atoms with Crippen LogP contribution in [0.25, 0.3) is 0 Å². The first-order valence-corrected chi connectivity index (χ1v) is 6.91. The number of para-hydroxylation sites is 1. The largest absolute Gasteiger partial charge is 0.488 e. The molecule has 1 fully saturated rings. The average molecular weight is 255 g/mol. The predicted octanol–water partition coefficient (Wildman–Crippen LogP) is 2.46. The van der Waals surface area contributed by atoms with E-state index in [1.165, 1.54) is 18.4 Å². The highest BCUT2D eigenvalue weighted by atomic mass is 16.5. The molecule has 4 rings (SSSR count). The van der Waals surface area contributed by atoms with Gasteiger partial charge < -0.3 is 14.6 Å². The Balaban J connectivity index is 1.46. The number of aromatic nitrogens is 2. The minimum atomic E-state index is 0.214. The number of anilines is 1. The number of nitrogens with zero attached hydrogens (tertiary/aromatic N) is 2. The molecule has 98 valence electrons. The summed E-state index contributed by atoms with van der Waals surface area (Å²) in [4.78, 5) is 4.38.